The molecular formula is C21H46S. The summed E-state index contributed by atoms with van der Waals surface area (Å²) in [5, 5.41) is 1.04. The largest absolute Gasteiger partial charge is 0.285 e. The summed E-state index contributed by atoms with van der Waals surface area (Å²) in [6.07, 6.45) is 11.2. The van der Waals surface area contributed by atoms with Crippen LogP contribution in [-0.4, -0.2) is 29.3 Å². The average Bonchev–Trinajstić information content (AvgIpc) is 2.39. The Labute approximate surface area is 142 Å². The molecule has 1 aliphatic rings. The number of thiol groups is 1. The van der Waals surface area contributed by atoms with Crippen molar-refractivity contribution in [3.05, 3.63) is 0 Å². The second-order valence-electron chi connectivity index (χ2n) is 10.1. The Balaban J connectivity index is 2.82. The Morgan fingerprint density at radius 2 is 1.45 bits per heavy atom. The van der Waals surface area contributed by atoms with Crippen LogP contribution in [0.5, 0.6) is 0 Å². The van der Waals surface area contributed by atoms with Gasteiger partial charge in [0.15, 0.2) is 0 Å². The smallest absolute Gasteiger partial charge is 0.0240 e. The molecule has 0 amide bonds. The van der Waals surface area contributed by atoms with E-state index in [4.69, 9.17) is 0 Å². The van der Waals surface area contributed by atoms with Crippen molar-refractivity contribution in [3.63, 3.8) is 0 Å². The highest BCUT2D eigenvalue weighted by Gasteiger charge is 2.51. The van der Waals surface area contributed by atoms with Crippen molar-refractivity contribution in [2.24, 2.45) is 29.6 Å². The summed E-state index contributed by atoms with van der Waals surface area (Å²) in [6, 6.07) is 0. The van der Waals surface area contributed by atoms with Crippen LogP contribution in [0.1, 0.15) is 74.1 Å². The molecule has 0 saturated carbocycles. The Bertz CT molecular complexity index is 332. The topological polar surface area (TPSA) is 0 Å². The maximum Gasteiger partial charge on any atom is -0.0240 e. The Kier molecular flexibility index (Phi) is 6.95. The molecule has 3 unspecified atom stereocenters. The van der Waals surface area contributed by atoms with E-state index in [1.807, 2.05) is 0 Å². The van der Waals surface area contributed by atoms with Crippen LogP contribution in [0, 0.1) is 29.6 Å². The SMILES string of the molecule is CCCC(CC(CC)C(C)C)[SH]1(C)(C)CC(C(C)C(C)C)C1. The summed E-state index contributed by atoms with van der Waals surface area (Å²) in [5.74, 6) is 7.77. The maximum atomic E-state index is 2.75. The predicted octanol–water partition coefficient (Wildman–Crippen LogP) is 6.48. The molecule has 0 aromatic carbocycles. The van der Waals surface area contributed by atoms with E-state index >= 15 is 0 Å². The molecule has 1 fully saturated rings. The van der Waals surface area contributed by atoms with Crippen molar-refractivity contribution < 1.29 is 0 Å². The van der Waals surface area contributed by atoms with Crippen LogP contribution in [0.2, 0.25) is 0 Å². The van der Waals surface area contributed by atoms with Crippen molar-refractivity contribution in [1.29, 1.82) is 0 Å². The minimum absolute atomic E-state index is 0.856. The summed E-state index contributed by atoms with van der Waals surface area (Å²) in [7, 11) is -1.43. The molecule has 0 aliphatic carbocycles. The molecule has 0 nitrogen and oxygen atoms in total. The van der Waals surface area contributed by atoms with E-state index in [2.05, 4.69) is 61.0 Å². The molecule has 1 saturated heterocycles. The zero-order valence-electron chi connectivity index (χ0n) is 17.2. The van der Waals surface area contributed by atoms with Gasteiger partial charge in [-0.25, -0.2) is 0 Å². The highest BCUT2D eigenvalue weighted by Crippen LogP contribution is 2.78. The van der Waals surface area contributed by atoms with Crippen molar-refractivity contribution in [1.82, 2.24) is 0 Å². The summed E-state index contributed by atoms with van der Waals surface area (Å²) < 4.78 is 0. The molecule has 1 heterocycles. The Hall–Kier alpha value is 0.350. The first kappa shape index (κ1) is 20.4. The summed E-state index contributed by atoms with van der Waals surface area (Å²) in [4.78, 5) is 0. The first-order valence-electron chi connectivity index (χ1n) is 10.0. The second kappa shape index (κ2) is 7.49. The van der Waals surface area contributed by atoms with Crippen molar-refractivity contribution in [2.45, 2.75) is 79.4 Å². The number of rotatable bonds is 9. The molecular weight excluding hydrogens is 284 g/mol. The zero-order chi connectivity index (χ0) is 17.2. The van der Waals surface area contributed by atoms with Gasteiger partial charge in [-0.1, -0.05) is 61.3 Å². The fraction of sp³-hybridized carbons (Fsp3) is 1.00. The maximum absolute atomic E-state index is 2.75. The monoisotopic (exact) mass is 330 g/mol. The molecule has 0 N–H and O–H groups in total. The quantitative estimate of drug-likeness (QED) is 0.459. The lowest BCUT2D eigenvalue weighted by molar-refractivity contribution is 0.301. The van der Waals surface area contributed by atoms with Gasteiger partial charge in [0, 0.05) is 0 Å². The van der Waals surface area contributed by atoms with Crippen molar-refractivity contribution in [2.75, 3.05) is 24.0 Å². The first-order valence-corrected chi connectivity index (χ1v) is 13.6. The highest BCUT2D eigenvalue weighted by molar-refractivity contribution is 8.50. The lowest BCUT2D eigenvalue weighted by Crippen LogP contribution is -2.52. The molecule has 1 aliphatic heterocycles. The van der Waals surface area contributed by atoms with Crippen LogP contribution in [0.15, 0.2) is 0 Å². The third-order valence-electron chi connectivity index (χ3n) is 7.37. The molecule has 1 heteroatoms. The van der Waals surface area contributed by atoms with Gasteiger partial charge in [-0.05, 0) is 71.7 Å². The predicted molar refractivity (Wildman–Crippen MR) is 110 cm³/mol. The van der Waals surface area contributed by atoms with E-state index in [1.165, 1.54) is 25.7 Å². The molecule has 3 atom stereocenters. The van der Waals surface area contributed by atoms with Crippen LogP contribution < -0.4 is 0 Å². The van der Waals surface area contributed by atoms with Gasteiger partial charge in [0.2, 0.25) is 0 Å². The van der Waals surface area contributed by atoms with Gasteiger partial charge in [0.1, 0.15) is 0 Å². The van der Waals surface area contributed by atoms with Crippen LogP contribution in [0.25, 0.3) is 0 Å². The minimum atomic E-state index is -1.43. The van der Waals surface area contributed by atoms with Crippen LogP contribution in [-0.2, 0) is 0 Å². The second-order valence-corrected chi connectivity index (χ2v) is 17.2. The van der Waals surface area contributed by atoms with Crippen molar-refractivity contribution >= 4 is 9.16 Å². The van der Waals surface area contributed by atoms with Gasteiger partial charge in [-0.15, -0.1) is 0 Å². The van der Waals surface area contributed by atoms with Crippen molar-refractivity contribution in [3.8, 4) is 0 Å². The molecule has 0 aromatic heterocycles. The molecule has 0 bridgehead atoms. The van der Waals surface area contributed by atoms with Crippen LogP contribution in [0.3, 0.4) is 0 Å². The van der Waals surface area contributed by atoms with Gasteiger partial charge in [0.05, 0.1) is 0 Å². The molecule has 0 spiro atoms. The fourth-order valence-corrected chi connectivity index (χ4v) is 11.5. The van der Waals surface area contributed by atoms with Crippen LogP contribution >= 0.6 is 9.16 Å². The molecule has 1 rings (SSSR count). The Morgan fingerprint density at radius 1 is 0.909 bits per heavy atom. The van der Waals surface area contributed by atoms with E-state index in [-0.39, 0.29) is 0 Å². The van der Waals surface area contributed by atoms with E-state index in [1.54, 1.807) is 11.5 Å². The lowest BCUT2D eigenvalue weighted by atomic mass is 9.86. The number of hydrogen-bond acceptors (Lipinski definition) is 0. The van der Waals surface area contributed by atoms with E-state index in [0.717, 1.165) is 34.8 Å². The highest BCUT2D eigenvalue weighted by atomic mass is 32.3. The third kappa shape index (κ3) is 4.46. The standard InChI is InChI=1S/C21H46S/c1-10-12-21(13-19(11-2)17(5)6)22(8,9)14-20(15-22)18(7)16(3)4/h16-22H,10-15H2,1-9H3. The lowest BCUT2D eigenvalue weighted by Gasteiger charge is -2.73. The summed E-state index contributed by atoms with van der Waals surface area (Å²) in [6.45, 7) is 17.0. The zero-order valence-corrected chi connectivity index (χ0v) is 18.0. The van der Waals surface area contributed by atoms with E-state index in [9.17, 15) is 0 Å². The molecule has 22 heavy (non-hydrogen) atoms. The Morgan fingerprint density at radius 3 is 1.82 bits per heavy atom. The van der Waals surface area contributed by atoms with Gasteiger partial charge in [-0.2, -0.15) is 0 Å². The van der Waals surface area contributed by atoms with E-state index in [0.29, 0.717) is 0 Å². The first-order chi connectivity index (χ1) is 10.0. The van der Waals surface area contributed by atoms with E-state index < -0.39 is 9.16 Å². The van der Waals surface area contributed by atoms with Gasteiger partial charge < -0.3 is 0 Å². The minimum Gasteiger partial charge on any atom is -0.285 e. The van der Waals surface area contributed by atoms with Gasteiger partial charge in [0.25, 0.3) is 0 Å². The summed E-state index contributed by atoms with van der Waals surface area (Å²) in [5.41, 5.74) is 0. The third-order valence-corrected chi connectivity index (χ3v) is 13.7. The fourth-order valence-electron chi connectivity index (χ4n) is 5.17. The molecule has 0 radical (unpaired) electrons. The van der Waals surface area contributed by atoms with Gasteiger partial charge in [-0.3, -0.25) is 9.16 Å². The number of hydrogen-bond donors (Lipinski definition) is 1. The normalized spacial score (nSPS) is 29.4. The van der Waals surface area contributed by atoms with Gasteiger partial charge >= 0.3 is 0 Å². The van der Waals surface area contributed by atoms with Crippen LogP contribution in [0.4, 0.5) is 0 Å². The molecule has 136 valence electrons. The molecule has 0 aromatic rings. The summed E-state index contributed by atoms with van der Waals surface area (Å²) >= 11 is 0. The average molecular weight is 331 g/mol.